The van der Waals surface area contributed by atoms with Gasteiger partial charge in [0.1, 0.15) is 6.29 Å². The van der Waals surface area contributed by atoms with Gasteiger partial charge in [0.05, 0.1) is 33.2 Å². The second kappa shape index (κ2) is 4.88. The standard InChI is InChI=1S/C14H20N2O/c1-11-9-14(12(2)8-13(11)10-17)16-6-4-15(3)5-7-16/h8-10H,4-7H2,1-3H3/p+1. The molecule has 0 unspecified atom stereocenters. The Morgan fingerprint density at radius 1 is 1.18 bits per heavy atom. The van der Waals surface area contributed by atoms with Gasteiger partial charge in [-0.15, -0.1) is 0 Å². The van der Waals surface area contributed by atoms with Crippen molar-refractivity contribution in [3.05, 3.63) is 28.8 Å². The molecule has 0 aromatic heterocycles. The molecule has 1 fully saturated rings. The molecule has 0 bridgehead atoms. The summed E-state index contributed by atoms with van der Waals surface area (Å²) in [5.74, 6) is 0. The topological polar surface area (TPSA) is 24.8 Å². The summed E-state index contributed by atoms with van der Waals surface area (Å²) in [6.07, 6.45) is 0.945. The SMILES string of the molecule is Cc1cc(N2CC[NH+](C)CC2)c(C)cc1C=O. The highest BCUT2D eigenvalue weighted by Crippen LogP contribution is 2.23. The number of rotatable bonds is 2. The number of likely N-dealkylation sites (N-methyl/N-ethyl adjacent to an activating group) is 1. The molecule has 1 aromatic rings. The first-order valence-corrected chi connectivity index (χ1v) is 6.24. The van der Waals surface area contributed by atoms with Gasteiger partial charge in [0.25, 0.3) is 0 Å². The Morgan fingerprint density at radius 2 is 1.82 bits per heavy atom. The number of carbonyl (C=O) groups excluding carboxylic acids is 1. The van der Waals surface area contributed by atoms with Crippen LogP contribution in [0.5, 0.6) is 0 Å². The van der Waals surface area contributed by atoms with E-state index in [2.05, 4.69) is 24.9 Å². The first kappa shape index (κ1) is 12.1. The van der Waals surface area contributed by atoms with Crippen LogP contribution < -0.4 is 9.80 Å². The highest BCUT2D eigenvalue weighted by Gasteiger charge is 2.18. The number of hydrogen-bond donors (Lipinski definition) is 1. The summed E-state index contributed by atoms with van der Waals surface area (Å²) < 4.78 is 0. The molecule has 3 heteroatoms. The Morgan fingerprint density at radius 3 is 2.41 bits per heavy atom. The van der Waals surface area contributed by atoms with Gasteiger partial charge in [-0.05, 0) is 37.1 Å². The Bertz CT molecular complexity index is 420. The molecule has 92 valence electrons. The maximum absolute atomic E-state index is 10.9. The summed E-state index contributed by atoms with van der Waals surface area (Å²) >= 11 is 0. The first-order valence-electron chi connectivity index (χ1n) is 6.24. The molecule has 1 aliphatic rings. The maximum atomic E-state index is 10.9. The van der Waals surface area contributed by atoms with Gasteiger partial charge in [0.2, 0.25) is 0 Å². The van der Waals surface area contributed by atoms with Crippen LogP contribution in [0.3, 0.4) is 0 Å². The number of aldehydes is 1. The zero-order valence-electron chi connectivity index (χ0n) is 10.9. The highest BCUT2D eigenvalue weighted by atomic mass is 16.1. The average Bonchev–Trinajstić information content (AvgIpc) is 2.33. The van der Waals surface area contributed by atoms with Crippen molar-refractivity contribution in [2.75, 3.05) is 38.1 Å². The molecule has 0 saturated carbocycles. The van der Waals surface area contributed by atoms with E-state index in [0.717, 1.165) is 30.5 Å². The van der Waals surface area contributed by atoms with Crippen LogP contribution in [0, 0.1) is 13.8 Å². The molecule has 17 heavy (non-hydrogen) atoms. The van der Waals surface area contributed by atoms with Crippen molar-refractivity contribution in [1.82, 2.24) is 0 Å². The lowest BCUT2D eigenvalue weighted by Gasteiger charge is -2.33. The van der Waals surface area contributed by atoms with Crippen molar-refractivity contribution in [2.24, 2.45) is 0 Å². The van der Waals surface area contributed by atoms with E-state index in [1.165, 1.54) is 24.3 Å². The van der Waals surface area contributed by atoms with Crippen LogP contribution in [0.1, 0.15) is 21.5 Å². The number of anilines is 1. The molecule has 0 radical (unpaired) electrons. The quantitative estimate of drug-likeness (QED) is 0.750. The zero-order chi connectivity index (χ0) is 12.4. The minimum Gasteiger partial charge on any atom is -0.360 e. The van der Waals surface area contributed by atoms with Gasteiger partial charge < -0.3 is 9.80 Å². The Hall–Kier alpha value is -1.35. The number of benzene rings is 1. The van der Waals surface area contributed by atoms with Gasteiger partial charge >= 0.3 is 0 Å². The van der Waals surface area contributed by atoms with Crippen LogP contribution in [0.25, 0.3) is 0 Å². The molecule has 1 aromatic carbocycles. The third kappa shape index (κ3) is 2.50. The summed E-state index contributed by atoms with van der Waals surface area (Å²) in [4.78, 5) is 14.9. The summed E-state index contributed by atoms with van der Waals surface area (Å²) in [5.41, 5.74) is 4.38. The molecule has 2 rings (SSSR count). The minimum absolute atomic E-state index is 0.811. The fourth-order valence-corrected chi connectivity index (χ4v) is 2.42. The van der Waals surface area contributed by atoms with E-state index >= 15 is 0 Å². The van der Waals surface area contributed by atoms with E-state index in [1.54, 1.807) is 4.90 Å². The van der Waals surface area contributed by atoms with Gasteiger partial charge in [-0.2, -0.15) is 0 Å². The molecule has 1 N–H and O–H groups in total. The molecule has 1 saturated heterocycles. The fraction of sp³-hybridized carbons (Fsp3) is 0.500. The van der Waals surface area contributed by atoms with E-state index in [-0.39, 0.29) is 0 Å². The number of hydrogen-bond acceptors (Lipinski definition) is 2. The minimum atomic E-state index is 0.811. The van der Waals surface area contributed by atoms with E-state index in [4.69, 9.17) is 0 Å². The average molecular weight is 233 g/mol. The number of quaternary nitrogens is 1. The van der Waals surface area contributed by atoms with Crippen LogP contribution in [0.2, 0.25) is 0 Å². The first-order chi connectivity index (χ1) is 8.11. The van der Waals surface area contributed by atoms with Crippen molar-refractivity contribution in [3.63, 3.8) is 0 Å². The fourth-order valence-electron chi connectivity index (χ4n) is 2.42. The van der Waals surface area contributed by atoms with E-state index in [9.17, 15) is 4.79 Å². The second-order valence-electron chi connectivity index (χ2n) is 5.06. The third-order valence-electron chi connectivity index (χ3n) is 3.67. The summed E-state index contributed by atoms with van der Waals surface area (Å²) in [5, 5.41) is 0. The Kier molecular flexibility index (Phi) is 3.48. The summed E-state index contributed by atoms with van der Waals surface area (Å²) in [6.45, 7) is 8.68. The largest absolute Gasteiger partial charge is 0.360 e. The molecule has 1 heterocycles. The highest BCUT2D eigenvalue weighted by molar-refractivity contribution is 5.79. The van der Waals surface area contributed by atoms with E-state index in [1.807, 2.05) is 13.0 Å². The van der Waals surface area contributed by atoms with E-state index in [0.29, 0.717) is 0 Å². The summed E-state index contributed by atoms with van der Waals surface area (Å²) in [7, 11) is 2.24. The van der Waals surface area contributed by atoms with Crippen molar-refractivity contribution in [1.29, 1.82) is 0 Å². The predicted octanol–water partition coefficient (Wildman–Crippen LogP) is 0.451. The zero-order valence-corrected chi connectivity index (χ0v) is 10.9. The van der Waals surface area contributed by atoms with Gasteiger partial charge in [-0.25, -0.2) is 0 Å². The van der Waals surface area contributed by atoms with Crippen LogP contribution in [0.15, 0.2) is 12.1 Å². The molecule has 0 spiro atoms. The number of carbonyl (C=O) groups is 1. The second-order valence-corrected chi connectivity index (χ2v) is 5.06. The lowest BCUT2D eigenvalue weighted by Crippen LogP contribution is -3.12. The molecule has 3 nitrogen and oxygen atoms in total. The van der Waals surface area contributed by atoms with Crippen LogP contribution in [0.4, 0.5) is 5.69 Å². The van der Waals surface area contributed by atoms with Gasteiger partial charge in [0, 0.05) is 11.3 Å². The molecule has 1 aliphatic heterocycles. The van der Waals surface area contributed by atoms with Crippen molar-refractivity contribution < 1.29 is 9.69 Å². The monoisotopic (exact) mass is 233 g/mol. The van der Waals surface area contributed by atoms with Gasteiger partial charge in [0.15, 0.2) is 0 Å². The summed E-state index contributed by atoms with van der Waals surface area (Å²) in [6, 6.07) is 4.16. The molecule has 0 atom stereocenters. The molecule has 0 amide bonds. The van der Waals surface area contributed by atoms with Crippen LogP contribution >= 0.6 is 0 Å². The van der Waals surface area contributed by atoms with Crippen molar-refractivity contribution in [3.8, 4) is 0 Å². The molecule has 0 aliphatic carbocycles. The van der Waals surface area contributed by atoms with Crippen LogP contribution in [-0.2, 0) is 0 Å². The number of nitrogens with zero attached hydrogens (tertiary/aromatic N) is 1. The van der Waals surface area contributed by atoms with Crippen molar-refractivity contribution >= 4 is 12.0 Å². The number of piperazine rings is 1. The van der Waals surface area contributed by atoms with Gasteiger partial charge in [-0.3, -0.25) is 4.79 Å². The van der Waals surface area contributed by atoms with Crippen molar-refractivity contribution in [2.45, 2.75) is 13.8 Å². The number of nitrogens with one attached hydrogen (secondary N) is 1. The normalized spacial score (nSPS) is 17.2. The maximum Gasteiger partial charge on any atom is 0.150 e. The smallest absolute Gasteiger partial charge is 0.150 e. The lowest BCUT2D eigenvalue weighted by molar-refractivity contribution is -0.880. The Balaban J connectivity index is 2.26. The third-order valence-corrected chi connectivity index (χ3v) is 3.67. The molecular weight excluding hydrogens is 212 g/mol. The van der Waals surface area contributed by atoms with Gasteiger partial charge in [-0.1, -0.05) is 0 Å². The molecular formula is C14H21N2O+. The lowest BCUT2D eigenvalue weighted by atomic mass is 10.0. The van der Waals surface area contributed by atoms with E-state index < -0.39 is 0 Å². The predicted molar refractivity (Wildman–Crippen MR) is 70.1 cm³/mol. The van der Waals surface area contributed by atoms with Crippen LogP contribution in [-0.4, -0.2) is 39.5 Å². The number of aryl methyl sites for hydroxylation is 2. The Labute approximate surface area is 103 Å².